The first kappa shape index (κ1) is 7.76. The molecule has 0 unspecified atom stereocenters. The minimum atomic E-state index is 0.791. The monoisotopic (exact) mass is 140 g/mol. The standard InChI is InChI=1S/C8H16N2/c1-10-6-2-3-8(7-10)4-5-9/h3H,2,4-7,9H2,1H3. The van der Waals surface area contributed by atoms with Gasteiger partial charge in [0.15, 0.2) is 0 Å². The summed E-state index contributed by atoms with van der Waals surface area (Å²) in [5.41, 5.74) is 6.96. The van der Waals surface area contributed by atoms with Crippen LogP contribution in [0.15, 0.2) is 11.6 Å². The van der Waals surface area contributed by atoms with Gasteiger partial charge < -0.3 is 10.6 Å². The SMILES string of the molecule is CN1CCC=C(CCN)C1. The molecule has 0 fully saturated rings. The van der Waals surface area contributed by atoms with Crippen LogP contribution in [0.2, 0.25) is 0 Å². The Morgan fingerprint density at radius 3 is 3.10 bits per heavy atom. The Hall–Kier alpha value is -0.340. The predicted molar refractivity (Wildman–Crippen MR) is 43.9 cm³/mol. The van der Waals surface area contributed by atoms with E-state index in [4.69, 9.17) is 5.73 Å². The van der Waals surface area contributed by atoms with Gasteiger partial charge in [0.05, 0.1) is 0 Å². The van der Waals surface area contributed by atoms with Gasteiger partial charge in [-0.1, -0.05) is 11.6 Å². The van der Waals surface area contributed by atoms with Gasteiger partial charge in [-0.2, -0.15) is 0 Å². The Bertz CT molecular complexity index is 129. The van der Waals surface area contributed by atoms with Gasteiger partial charge in [-0.3, -0.25) is 0 Å². The molecule has 2 N–H and O–H groups in total. The van der Waals surface area contributed by atoms with Crippen LogP contribution in [0.1, 0.15) is 12.8 Å². The summed E-state index contributed by atoms with van der Waals surface area (Å²) in [5, 5.41) is 0. The van der Waals surface area contributed by atoms with Crippen molar-refractivity contribution in [3.63, 3.8) is 0 Å². The summed E-state index contributed by atoms with van der Waals surface area (Å²) >= 11 is 0. The van der Waals surface area contributed by atoms with Crippen LogP contribution in [-0.4, -0.2) is 31.6 Å². The number of nitrogens with two attached hydrogens (primary N) is 1. The number of rotatable bonds is 2. The molecule has 1 heterocycles. The third kappa shape index (κ3) is 2.12. The number of likely N-dealkylation sites (N-methyl/N-ethyl adjacent to an activating group) is 1. The highest BCUT2D eigenvalue weighted by atomic mass is 15.1. The van der Waals surface area contributed by atoms with Crippen LogP contribution in [-0.2, 0) is 0 Å². The van der Waals surface area contributed by atoms with Crippen molar-refractivity contribution in [2.24, 2.45) is 5.73 Å². The van der Waals surface area contributed by atoms with Crippen LogP contribution >= 0.6 is 0 Å². The molecule has 0 atom stereocenters. The molecule has 0 saturated carbocycles. The van der Waals surface area contributed by atoms with E-state index in [-0.39, 0.29) is 0 Å². The van der Waals surface area contributed by atoms with Crippen molar-refractivity contribution in [1.82, 2.24) is 4.90 Å². The van der Waals surface area contributed by atoms with Gasteiger partial charge in [-0.25, -0.2) is 0 Å². The summed E-state index contributed by atoms with van der Waals surface area (Å²) in [4.78, 5) is 2.34. The fourth-order valence-corrected chi connectivity index (χ4v) is 1.35. The van der Waals surface area contributed by atoms with Crippen molar-refractivity contribution in [2.45, 2.75) is 12.8 Å². The maximum Gasteiger partial charge on any atom is 0.0190 e. The Labute approximate surface area is 62.7 Å². The fraction of sp³-hybridized carbons (Fsp3) is 0.750. The van der Waals surface area contributed by atoms with Gasteiger partial charge in [0.2, 0.25) is 0 Å². The molecular formula is C8H16N2. The maximum atomic E-state index is 5.45. The molecule has 0 aromatic rings. The molecule has 58 valence electrons. The lowest BCUT2D eigenvalue weighted by molar-refractivity contribution is 0.350. The molecule has 0 aliphatic carbocycles. The summed E-state index contributed by atoms with van der Waals surface area (Å²) in [6.45, 7) is 3.12. The highest BCUT2D eigenvalue weighted by Crippen LogP contribution is 2.09. The molecule has 2 heteroatoms. The molecule has 0 spiro atoms. The van der Waals surface area contributed by atoms with Gasteiger partial charge >= 0.3 is 0 Å². The molecule has 2 nitrogen and oxygen atoms in total. The fourth-order valence-electron chi connectivity index (χ4n) is 1.35. The van der Waals surface area contributed by atoms with E-state index >= 15 is 0 Å². The first-order valence-electron chi connectivity index (χ1n) is 3.89. The maximum absolute atomic E-state index is 5.45. The molecule has 0 aromatic carbocycles. The van der Waals surface area contributed by atoms with Crippen LogP contribution in [0.5, 0.6) is 0 Å². The van der Waals surface area contributed by atoms with E-state index in [1.54, 1.807) is 0 Å². The lowest BCUT2D eigenvalue weighted by Gasteiger charge is -2.22. The van der Waals surface area contributed by atoms with E-state index in [2.05, 4.69) is 18.0 Å². The second kappa shape index (κ2) is 3.74. The van der Waals surface area contributed by atoms with Crippen LogP contribution in [0.4, 0.5) is 0 Å². The molecule has 10 heavy (non-hydrogen) atoms. The van der Waals surface area contributed by atoms with Crippen molar-refractivity contribution >= 4 is 0 Å². The van der Waals surface area contributed by atoms with Crippen LogP contribution in [0.25, 0.3) is 0 Å². The quantitative estimate of drug-likeness (QED) is 0.569. The summed E-state index contributed by atoms with van der Waals surface area (Å²) in [5.74, 6) is 0. The van der Waals surface area contributed by atoms with Crippen molar-refractivity contribution in [2.75, 3.05) is 26.7 Å². The van der Waals surface area contributed by atoms with Gasteiger partial charge in [-0.15, -0.1) is 0 Å². The Morgan fingerprint density at radius 1 is 1.70 bits per heavy atom. The minimum absolute atomic E-state index is 0.791. The lowest BCUT2D eigenvalue weighted by Crippen LogP contribution is -2.26. The molecule has 1 rings (SSSR count). The Balaban J connectivity index is 2.36. The summed E-state index contributed by atoms with van der Waals surface area (Å²) in [7, 11) is 2.16. The second-order valence-corrected chi connectivity index (χ2v) is 2.93. The molecule has 0 amide bonds. The normalized spacial score (nSPS) is 20.8. The summed E-state index contributed by atoms with van der Waals surface area (Å²) < 4.78 is 0. The molecule has 1 aliphatic rings. The van der Waals surface area contributed by atoms with Gasteiger partial charge in [0.1, 0.15) is 0 Å². The smallest absolute Gasteiger partial charge is 0.0190 e. The minimum Gasteiger partial charge on any atom is -0.330 e. The first-order valence-corrected chi connectivity index (χ1v) is 3.89. The number of hydrogen-bond donors (Lipinski definition) is 1. The summed E-state index contributed by atoms with van der Waals surface area (Å²) in [6.07, 6.45) is 4.60. The van der Waals surface area contributed by atoms with E-state index in [0.717, 1.165) is 19.5 Å². The first-order chi connectivity index (χ1) is 4.83. The second-order valence-electron chi connectivity index (χ2n) is 2.93. The molecular weight excluding hydrogens is 124 g/mol. The van der Waals surface area contributed by atoms with Gasteiger partial charge in [-0.05, 0) is 26.4 Å². The highest BCUT2D eigenvalue weighted by molar-refractivity contribution is 5.07. The molecule has 1 aliphatic heterocycles. The van der Waals surface area contributed by atoms with Crippen molar-refractivity contribution in [1.29, 1.82) is 0 Å². The highest BCUT2D eigenvalue weighted by Gasteiger charge is 2.06. The number of nitrogens with zero attached hydrogens (tertiary/aromatic N) is 1. The zero-order valence-electron chi connectivity index (χ0n) is 6.64. The van der Waals surface area contributed by atoms with Crippen molar-refractivity contribution in [3.05, 3.63) is 11.6 Å². The van der Waals surface area contributed by atoms with E-state index in [1.807, 2.05) is 0 Å². The predicted octanol–water partition coefficient (Wildman–Crippen LogP) is 0.597. The van der Waals surface area contributed by atoms with Crippen molar-refractivity contribution < 1.29 is 0 Å². The Morgan fingerprint density at radius 2 is 2.50 bits per heavy atom. The largest absolute Gasteiger partial charge is 0.330 e. The van der Waals surface area contributed by atoms with Gasteiger partial charge in [0.25, 0.3) is 0 Å². The zero-order chi connectivity index (χ0) is 7.40. The van der Waals surface area contributed by atoms with E-state index in [0.29, 0.717) is 0 Å². The topological polar surface area (TPSA) is 29.3 Å². The lowest BCUT2D eigenvalue weighted by atomic mass is 10.1. The average molecular weight is 140 g/mol. The van der Waals surface area contributed by atoms with Crippen LogP contribution in [0.3, 0.4) is 0 Å². The number of hydrogen-bond acceptors (Lipinski definition) is 2. The van der Waals surface area contributed by atoms with Crippen LogP contribution < -0.4 is 5.73 Å². The van der Waals surface area contributed by atoms with E-state index < -0.39 is 0 Å². The van der Waals surface area contributed by atoms with E-state index in [1.165, 1.54) is 18.5 Å². The zero-order valence-corrected chi connectivity index (χ0v) is 6.64. The van der Waals surface area contributed by atoms with Gasteiger partial charge in [0, 0.05) is 13.1 Å². The molecule has 0 aromatic heterocycles. The summed E-state index contributed by atoms with van der Waals surface area (Å²) in [6, 6.07) is 0. The van der Waals surface area contributed by atoms with Crippen molar-refractivity contribution in [3.8, 4) is 0 Å². The molecule has 0 bridgehead atoms. The average Bonchev–Trinajstić information content (AvgIpc) is 1.88. The molecule has 0 saturated heterocycles. The third-order valence-corrected chi connectivity index (χ3v) is 1.88. The Kier molecular flexibility index (Phi) is 2.90. The third-order valence-electron chi connectivity index (χ3n) is 1.88. The molecule has 0 radical (unpaired) electrons. The van der Waals surface area contributed by atoms with Crippen LogP contribution in [0, 0.1) is 0 Å². The van der Waals surface area contributed by atoms with E-state index in [9.17, 15) is 0 Å².